The van der Waals surface area contributed by atoms with E-state index in [4.69, 9.17) is 0 Å². The fourth-order valence-electron chi connectivity index (χ4n) is 5.04. The molecule has 0 radical (unpaired) electrons. The summed E-state index contributed by atoms with van der Waals surface area (Å²) < 4.78 is 0. The van der Waals surface area contributed by atoms with Gasteiger partial charge < -0.3 is 10.2 Å². The number of fused-ring (bicyclic) bond motifs is 1. The van der Waals surface area contributed by atoms with E-state index in [2.05, 4.69) is 48.5 Å². The van der Waals surface area contributed by atoms with Crippen LogP contribution in [-0.2, 0) is 9.59 Å². The third kappa shape index (κ3) is 3.62. The van der Waals surface area contributed by atoms with Crippen molar-refractivity contribution in [3.8, 4) is 0 Å². The van der Waals surface area contributed by atoms with Crippen LogP contribution in [0.2, 0.25) is 0 Å². The summed E-state index contributed by atoms with van der Waals surface area (Å²) in [5.74, 6) is 0.289. The van der Waals surface area contributed by atoms with Crippen LogP contribution in [0.15, 0.2) is 24.3 Å². The molecular formula is C21H29ClN4O3. The molecule has 0 aromatic heterocycles. The first-order valence-electron chi connectivity index (χ1n) is 9.86. The van der Waals surface area contributed by atoms with Gasteiger partial charge in [-0.15, -0.1) is 12.4 Å². The van der Waals surface area contributed by atoms with Crippen LogP contribution in [0.1, 0.15) is 31.0 Å². The molecule has 0 bridgehead atoms. The maximum absolute atomic E-state index is 12.9. The number of hydrogen-bond donors (Lipinski definition) is 1. The van der Waals surface area contributed by atoms with Gasteiger partial charge in [-0.05, 0) is 44.9 Å². The topological polar surface area (TPSA) is 73.0 Å². The molecule has 7 nitrogen and oxygen atoms in total. The van der Waals surface area contributed by atoms with E-state index in [0.29, 0.717) is 31.0 Å². The van der Waals surface area contributed by atoms with Crippen LogP contribution in [-0.4, -0.2) is 71.3 Å². The van der Waals surface area contributed by atoms with Crippen molar-refractivity contribution >= 4 is 30.3 Å². The average molecular weight is 421 g/mol. The second-order valence-electron chi connectivity index (χ2n) is 8.91. The second-order valence-corrected chi connectivity index (χ2v) is 8.91. The number of hydrogen-bond acceptors (Lipinski definition) is 4. The van der Waals surface area contributed by atoms with Crippen molar-refractivity contribution in [1.29, 1.82) is 0 Å². The summed E-state index contributed by atoms with van der Waals surface area (Å²) in [5, 5.41) is 2.63. The summed E-state index contributed by atoms with van der Waals surface area (Å²) in [4.78, 5) is 42.6. The Morgan fingerprint density at radius 2 is 1.86 bits per heavy atom. The molecule has 3 aliphatic rings. The highest BCUT2D eigenvalue weighted by molar-refractivity contribution is 6.08. The number of rotatable bonds is 3. The number of nitrogens with one attached hydrogen (secondary N) is 1. The van der Waals surface area contributed by atoms with Gasteiger partial charge in [-0.3, -0.25) is 19.4 Å². The highest BCUT2D eigenvalue weighted by atomic mass is 35.5. The Morgan fingerprint density at radius 1 is 1.17 bits per heavy atom. The first-order valence-corrected chi connectivity index (χ1v) is 9.86. The Morgan fingerprint density at radius 3 is 2.48 bits per heavy atom. The Kier molecular flexibility index (Phi) is 5.66. The third-order valence-corrected chi connectivity index (χ3v) is 6.49. The van der Waals surface area contributed by atoms with Crippen LogP contribution in [0.4, 0.5) is 4.79 Å². The van der Waals surface area contributed by atoms with Gasteiger partial charge in [0.1, 0.15) is 12.1 Å². The van der Waals surface area contributed by atoms with Gasteiger partial charge in [-0.1, -0.05) is 24.3 Å². The van der Waals surface area contributed by atoms with E-state index >= 15 is 0 Å². The lowest BCUT2D eigenvalue weighted by atomic mass is 9.88. The van der Waals surface area contributed by atoms with Crippen LogP contribution in [0, 0.1) is 18.8 Å². The molecule has 0 aliphatic carbocycles. The number of imide groups is 1. The van der Waals surface area contributed by atoms with Crippen molar-refractivity contribution in [2.24, 2.45) is 11.8 Å². The Hall–Kier alpha value is -2.12. The molecule has 4 rings (SSSR count). The molecule has 0 unspecified atom stereocenters. The number of amides is 4. The highest BCUT2D eigenvalue weighted by Gasteiger charge is 2.49. The van der Waals surface area contributed by atoms with Gasteiger partial charge in [-0.25, -0.2) is 4.79 Å². The largest absolute Gasteiger partial charge is 0.340 e. The third-order valence-electron chi connectivity index (χ3n) is 6.49. The number of halogens is 1. The molecule has 3 fully saturated rings. The predicted octanol–water partition coefficient (Wildman–Crippen LogP) is 1.81. The molecule has 158 valence electrons. The molecule has 0 saturated carbocycles. The molecule has 1 N–H and O–H groups in total. The van der Waals surface area contributed by atoms with E-state index in [1.165, 1.54) is 11.1 Å². The van der Waals surface area contributed by atoms with Crippen molar-refractivity contribution in [3.63, 3.8) is 0 Å². The monoisotopic (exact) mass is 420 g/mol. The van der Waals surface area contributed by atoms with Crippen molar-refractivity contribution in [2.45, 2.75) is 32.4 Å². The van der Waals surface area contributed by atoms with E-state index in [1.54, 1.807) is 13.8 Å². The SMILES string of the molecule is Cc1ccccc1[C@H]1[C@@H]2CN(C(=O)CN3C(=O)NC(C)(C)C3=O)C[C@@H]2CN1C.Cl. The zero-order valence-corrected chi connectivity index (χ0v) is 18.2. The molecule has 1 aromatic rings. The molecule has 29 heavy (non-hydrogen) atoms. The van der Waals surface area contributed by atoms with Gasteiger partial charge in [0.25, 0.3) is 5.91 Å². The van der Waals surface area contributed by atoms with Crippen LogP contribution in [0.3, 0.4) is 0 Å². The standard InChI is InChI=1S/C21H28N4O3.ClH/c1-13-7-5-6-8-15(13)18-16-11-24(10-14(16)9-23(18)4)17(26)12-25-19(27)21(2,3)22-20(25)28;/h5-8,14,16,18H,9-12H2,1-4H3,(H,22,28);1H/t14-,16+,18-;/m0./s1. The minimum absolute atomic E-state index is 0. The molecule has 3 saturated heterocycles. The summed E-state index contributed by atoms with van der Waals surface area (Å²) in [6.45, 7) is 7.56. The summed E-state index contributed by atoms with van der Waals surface area (Å²) >= 11 is 0. The van der Waals surface area contributed by atoms with Gasteiger partial charge in [0.15, 0.2) is 0 Å². The number of likely N-dealkylation sites (tertiary alicyclic amines) is 2. The molecule has 1 aromatic carbocycles. The van der Waals surface area contributed by atoms with Crippen molar-refractivity contribution in [3.05, 3.63) is 35.4 Å². The first-order chi connectivity index (χ1) is 13.2. The zero-order valence-electron chi connectivity index (χ0n) is 17.3. The summed E-state index contributed by atoms with van der Waals surface area (Å²) in [5.41, 5.74) is 1.64. The predicted molar refractivity (Wildman–Crippen MR) is 112 cm³/mol. The number of urea groups is 1. The van der Waals surface area contributed by atoms with Gasteiger partial charge in [0.2, 0.25) is 5.91 Å². The number of nitrogens with zero attached hydrogens (tertiary/aromatic N) is 3. The second kappa shape index (κ2) is 7.61. The van der Waals surface area contributed by atoms with Gasteiger partial charge in [-0.2, -0.15) is 0 Å². The van der Waals surface area contributed by atoms with Crippen molar-refractivity contribution in [1.82, 2.24) is 20.0 Å². The minimum Gasteiger partial charge on any atom is -0.340 e. The summed E-state index contributed by atoms with van der Waals surface area (Å²) in [6.07, 6.45) is 0. The lowest BCUT2D eigenvalue weighted by molar-refractivity contribution is -0.138. The molecule has 3 heterocycles. The smallest absolute Gasteiger partial charge is 0.325 e. The number of aryl methyl sites for hydroxylation is 1. The van der Waals surface area contributed by atoms with E-state index in [9.17, 15) is 14.4 Å². The molecule has 0 spiro atoms. The summed E-state index contributed by atoms with van der Waals surface area (Å²) in [6, 6.07) is 8.24. The van der Waals surface area contributed by atoms with E-state index < -0.39 is 11.6 Å². The fourth-order valence-corrected chi connectivity index (χ4v) is 5.04. The van der Waals surface area contributed by atoms with Crippen LogP contribution in [0.25, 0.3) is 0 Å². The van der Waals surface area contributed by atoms with Crippen molar-refractivity contribution in [2.75, 3.05) is 33.2 Å². The average Bonchev–Trinajstić information content (AvgIpc) is 3.21. The molecule has 8 heteroatoms. The number of carbonyl (C=O) groups is 3. The first kappa shape index (κ1) is 21.6. The minimum atomic E-state index is -0.947. The fraction of sp³-hybridized carbons (Fsp3) is 0.571. The van der Waals surface area contributed by atoms with Crippen molar-refractivity contribution < 1.29 is 14.4 Å². The van der Waals surface area contributed by atoms with E-state index in [0.717, 1.165) is 11.4 Å². The van der Waals surface area contributed by atoms with Crippen LogP contribution in [0.5, 0.6) is 0 Å². The lowest BCUT2D eigenvalue weighted by Crippen LogP contribution is -2.44. The maximum atomic E-state index is 12.9. The van der Waals surface area contributed by atoms with Crippen LogP contribution >= 0.6 is 12.4 Å². The Balaban J connectivity index is 0.00000240. The zero-order chi connectivity index (χ0) is 20.2. The van der Waals surface area contributed by atoms with E-state index in [-0.39, 0.29) is 30.8 Å². The quantitative estimate of drug-likeness (QED) is 0.757. The lowest BCUT2D eigenvalue weighted by Gasteiger charge is -2.28. The van der Waals surface area contributed by atoms with Gasteiger partial charge >= 0.3 is 6.03 Å². The summed E-state index contributed by atoms with van der Waals surface area (Å²) in [7, 11) is 2.15. The molecule has 3 aliphatic heterocycles. The van der Waals surface area contributed by atoms with Gasteiger partial charge in [0, 0.05) is 31.6 Å². The molecular weight excluding hydrogens is 392 g/mol. The van der Waals surface area contributed by atoms with Gasteiger partial charge in [0.05, 0.1) is 0 Å². The number of carbonyl (C=O) groups excluding carboxylic acids is 3. The van der Waals surface area contributed by atoms with Crippen LogP contribution < -0.4 is 5.32 Å². The molecule has 4 amide bonds. The normalized spacial score (nSPS) is 28.3. The van der Waals surface area contributed by atoms with E-state index in [1.807, 2.05) is 4.90 Å². The Labute approximate surface area is 177 Å². The maximum Gasteiger partial charge on any atom is 0.325 e. The molecule has 3 atom stereocenters. The Bertz CT molecular complexity index is 843. The number of benzene rings is 1. The highest BCUT2D eigenvalue weighted by Crippen LogP contribution is 2.44.